The minimum absolute atomic E-state index is 0.466. The molecular weight excluding hydrogens is 212 g/mol. The van der Waals surface area contributed by atoms with E-state index in [1.54, 1.807) is 0 Å². The molecular formula is C10H18N2O2S. The SMILES string of the molecule is CC(C)(C)OC(=O)NN=C1CCSCC1. The van der Waals surface area contributed by atoms with Gasteiger partial charge in [0.2, 0.25) is 0 Å². The molecule has 1 saturated heterocycles. The minimum atomic E-state index is -0.478. The second-order valence-corrected chi connectivity index (χ2v) is 5.63. The Bertz CT molecular complexity index is 251. The summed E-state index contributed by atoms with van der Waals surface area (Å²) in [5.41, 5.74) is 3.02. The molecule has 1 rings (SSSR count). The number of hydrogen-bond donors (Lipinski definition) is 1. The van der Waals surface area contributed by atoms with Gasteiger partial charge in [-0.1, -0.05) is 0 Å². The van der Waals surface area contributed by atoms with Crippen LogP contribution in [0.4, 0.5) is 4.79 Å². The van der Waals surface area contributed by atoms with Gasteiger partial charge in [0.15, 0.2) is 0 Å². The van der Waals surface area contributed by atoms with Crippen LogP contribution in [-0.2, 0) is 4.74 Å². The second-order valence-electron chi connectivity index (χ2n) is 4.40. The number of nitrogens with one attached hydrogen (secondary N) is 1. The highest BCUT2D eigenvalue weighted by molar-refractivity contribution is 7.99. The normalized spacial score (nSPS) is 17.1. The van der Waals surface area contributed by atoms with E-state index in [2.05, 4.69) is 10.5 Å². The predicted octanol–water partition coefficient (Wildman–Crippen LogP) is 2.39. The molecule has 1 N–H and O–H groups in total. The van der Waals surface area contributed by atoms with E-state index in [1.165, 1.54) is 0 Å². The maximum atomic E-state index is 11.3. The molecule has 1 amide bonds. The minimum Gasteiger partial charge on any atom is -0.443 e. The largest absolute Gasteiger partial charge is 0.443 e. The van der Waals surface area contributed by atoms with Crippen molar-refractivity contribution in [1.82, 2.24) is 5.43 Å². The summed E-state index contributed by atoms with van der Waals surface area (Å²) in [6.45, 7) is 5.49. The van der Waals surface area contributed by atoms with Crippen LogP contribution in [-0.4, -0.2) is 28.9 Å². The van der Waals surface area contributed by atoms with Crippen LogP contribution < -0.4 is 5.43 Å². The Morgan fingerprint density at radius 3 is 2.53 bits per heavy atom. The van der Waals surface area contributed by atoms with Gasteiger partial charge in [-0.2, -0.15) is 16.9 Å². The van der Waals surface area contributed by atoms with Gasteiger partial charge in [-0.15, -0.1) is 0 Å². The summed E-state index contributed by atoms with van der Waals surface area (Å²) < 4.78 is 5.07. The molecule has 4 nitrogen and oxygen atoms in total. The summed E-state index contributed by atoms with van der Waals surface area (Å²) in [4.78, 5) is 11.3. The molecule has 0 aromatic carbocycles. The monoisotopic (exact) mass is 230 g/mol. The molecule has 0 aromatic heterocycles. The third-order valence-electron chi connectivity index (χ3n) is 1.77. The molecule has 0 unspecified atom stereocenters. The van der Waals surface area contributed by atoms with Gasteiger partial charge in [-0.3, -0.25) is 0 Å². The number of carbonyl (C=O) groups is 1. The molecule has 0 saturated carbocycles. The Balaban J connectivity index is 2.32. The van der Waals surface area contributed by atoms with E-state index in [9.17, 15) is 4.79 Å². The van der Waals surface area contributed by atoms with Crippen molar-refractivity contribution < 1.29 is 9.53 Å². The molecule has 0 aromatic rings. The number of carbonyl (C=O) groups excluding carboxylic acids is 1. The number of hydrogen-bond acceptors (Lipinski definition) is 4. The summed E-state index contributed by atoms with van der Waals surface area (Å²) >= 11 is 1.92. The van der Waals surface area contributed by atoms with Crippen molar-refractivity contribution >= 4 is 23.6 Å². The van der Waals surface area contributed by atoms with Crippen LogP contribution in [0.15, 0.2) is 5.10 Å². The molecule has 86 valence electrons. The van der Waals surface area contributed by atoms with E-state index < -0.39 is 11.7 Å². The standard InChI is InChI=1S/C10H18N2O2S/c1-10(2,3)14-9(13)12-11-8-4-6-15-7-5-8/h4-7H2,1-3H3,(H,12,13). The van der Waals surface area contributed by atoms with E-state index >= 15 is 0 Å². The van der Waals surface area contributed by atoms with E-state index in [0.29, 0.717) is 0 Å². The van der Waals surface area contributed by atoms with Crippen molar-refractivity contribution in [3.05, 3.63) is 0 Å². The lowest BCUT2D eigenvalue weighted by Gasteiger charge is -2.19. The fraction of sp³-hybridized carbons (Fsp3) is 0.800. The van der Waals surface area contributed by atoms with Crippen LogP contribution >= 0.6 is 11.8 Å². The van der Waals surface area contributed by atoms with Crippen molar-refractivity contribution in [2.45, 2.75) is 39.2 Å². The van der Waals surface area contributed by atoms with Crippen molar-refractivity contribution in [3.63, 3.8) is 0 Å². The lowest BCUT2D eigenvalue weighted by molar-refractivity contribution is 0.0529. The third kappa shape index (κ3) is 5.67. The molecule has 0 spiro atoms. The van der Waals surface area contributed by atoms with Gasteiger partial charge < -0.3 is 4.74 Å². The maximum Gasteiger partial charge on any atom is 0.428 e. The molecule has 0 aliphatic carbocycles. The molecule has 1 heterocycles. The number of hydrazone groups is 1. The smallest absolute Gasteiger partial charge is 0.428 e. The summed E-state index contributed by atoms with van der Waals surface area (Å²) in [6, 6.07) is 0. The van der Waals surface area contributed by atoms with Crippen LogP contribution in [0.3, 0.4) is 0 Å². The Hall–Kier alpha value is -0.710. The van der Waals surface area contributed by atoms with Gasteiger partial charge in [-0.05, 0) is 45.1 Å². The maximum absolute atomic E-state index is 11.3. The first-order chi connectivity index (χ1) is 6.97. The average molecular weight is 230 g/mol. The molecule has 1 fully saturated rings. The van der Waals surface area contributed by atoms with Gasteiger partial charge in [0.1, 0.15) is 5.60 Å². The Labute approximate surface area is 94.8 Å². The number of thioether (sulfide) groups is 1. The topological polar surface area (TPSA) is 50.7 Å². The van der Waals surface area contributed by atoms with Gasteiger partial charge in [-0.25, -0.2) is 10.2 Å². The summed E-state index contributed by atoms with van der Waals surface area (Å²) in [5, 5.41) is 4.05. The van der Waals surface area contributed by atoms with E-state index in [4.69, 9.17) is 4.74 Å². The Kier molecular flexibility index (Phi) is 4.45. The third-order valence-corrected chi connectivity index (χ3v) is 2.76. The molecule has 5 heteroatoms. The van der Waals surface area contributed by atoms with Gasteiger partial charge in [0, 0.05) is 5.71 Å². The molecule has 0 atom stereocenters. The summed E-state index contributed by atoms with van der Waals surface area (Å²) in [6.07, 6.45) is 1.44. The van der Waals surface area contributed by atoms with Crippen molar-refractivity contribution in [1.29, 1.82) is 0 Å². The zero-order chi connectivity index (χ0) is 11.3. The highest BCUT2D eigenvalue weighted by Gasteiger charge is 2.16. The number of ether oxygens (including phenoxy) is 1. The van der Waals surface area contributed by atoms with Crippen LogP contribution in [0.5, 0.6) is 0 Å². The second kappa shape index (κ2) is 5.39. The lowest BCUT2D eigenvalue weighted by atomic mass is 10.2. The van der Waals surface area contributed by atoms with Gasteiger partial charge in [0.05, 0.1) is 0 Å². The Morgan fingerprint density at radius 2 is 2.00 bits per heavy atom. The van der Waals surface area contributed by atoms with E-state index in [0.717, 1.165) is 30.1 Å². The first-order valence-electron chi connectivity index (χ1n) is 5.09. The fourth-order valence-corrected chi connectivity index (χ4v) is 2.11. The quantitative estimate of drug-likeness (QED) is 0.704. The van der Waals surface area contributed by atoms with Gasteiger partial charge in [0.25, 0.3) is 0 Å². The fourth-order valence-electron chi connectivity index (χ4n) is 1.14. The number of amides is 1. The van der Waals surface area contributed by atoms with E-state index in [1.807, 2.05) is 32.5 Å². The number of nitrogens with zero attached hydrogens (tertiary/aromatic N) is 1. The van der Waals surface area contributed by atoms with Crippen molar-refractivity contribution in [3.8, 4) is 0 Å². The highest BCUT2D eigenvalue weighted by Crippen LogP contribution is 2.14. The van der Waals surface area contributed by atoms with Gasteiger partial charge >= 0.3 is 6.09 Å². The molecule has 0 bridgehead atoms. The highest BCUT2D eigenvalue weighted by atomic mass is 32.2. The van der Waals surface area contributed by atoms with Crippen LogP contribution in [0.2, 0.25) is 0 Å². The molecule has 0 radical (unpaired) electrons. The summed E-state index contributed by atoms with van der Waals surface area (Å²) in [5.74, 6) is 2.18. The van der Waals surface area contributed by atoms with Crippen molar-refractivity contribution in [2.75, 3.05) is 11.5 Å². The zero-order valence-corrected chi connectivity index (χ0v) is 10.3. The predicted molar refractivity (Wildman–Crippen MR) is 63.4 cm³/mol. The molecule has 1 aliphatic heterocycles. The van der Waals surface area contributed by atoms with Crippen molar-refractivity contribution in [2.24, 2.45) is 5.10 Å². The zero-order valence-electron chi connectivity index (χ0n) is 9.50. The molecule has 1 aliphatic rings. The van der Waals surface area contributed by atoms with Crippen LogP contribution in [0.25, 0.3) is 0 Å². The number of rotatable bonds is 1. The molecule has 15 heavy (non-hydrogen) atoms. The van der Waals surface area contributed by atoms with E-state index in [-0.39, 0.29) is 0 Å². The van der Waals surface area contributed by atoms with Crippen LogP contribution in [0, 0.1) is 0 Å². The first-order valence-corrected chi connectivity index (χ1v) is 6.25. The average Bonchev–Trinajstić information content (AvgIpc) is 2.14. The lowest BCUT2D eigenvalue weighted by Crippen LogP contribution is -2.30. The first kappa shape index (κ1) is 12.4. The van der Waals surface area contributed by atoms with Crippen LogP contribution in [0.1, 0.15) is 33.6 Å². The Morgan fingerprint density at radius 1 is 1.40 bits per heavy atom. The summed E-state index contributed by atoms with van der Waals surface area (Å²) in [7, 11) is 0.